The summed E-state index contributed by atoms with van der Waals surface area (Å²) in [6.45, 7) is 5.86. The molecule has 1 aromatic carbocycles. The predicted molar refractivity (Wildman–Crippen MR) is 96.4 cm³/mol. The molecule has 0 aliphatic carbocycles. The van der Waals surface area contributed by atoms with Crippen molar-refractivity contribution in [3.05, 3.63) is 23.2 Å². The molecule has 22 heavy (non-hydrogen) atoms. The monoisotopic (exact) mass is 343 g/mol. The van der Waals surface area contributed by atoms with Gasteiger partial charge in [0.1, 0.15) is 22.3 Å². The second-order valence-electron chi connectivity index (χ2n) is 5.54. The third-order valence-electron chi connectivity index (χ3n) is 2.61. The molecule has 1 unspecified atom stereocenters. The molecular weight excluding hydrogens is 322 g/mol. The number of ether oxygens (including phenoxy) is 1. The van der Waals surface area contributed by atoms with Crippen LogP contribution in [-0.2, 0) is 16.1 Å². The molecule has 0 saturated heterocycles. The highest BCUT2D eigenvalue weighted by Gasteiger charge is 2.26. The number of nitrogens with zero attached hydrogens (tertiary/aromatic N) is 2. The molecule has 7 heteroatoms. The quantitative estimate of drug-likeness (QED) is 0.633. The number of methoxy groups -OCH3 is 1. The Kier molecular flexibility index (Phi) is 7.35. The van der Waals surface area contributed by atoms with Crippen LogP contribution in [0.1, 0.15) is 20.8 Å². The summed E-state index contributed by atoms with van der Waals surface area (Å²) in [5.74, 6) is 0. The standard InChI is InChI=1S/C15H22ClN3O2S/c1-15(2,3)22(20)18-9-12(10-21-5)19-14-8-11(16)6-7-13(14)17-4/h6-9,17H,10H2,1-5H3. The van der Waals surface area contributed by atoms with E-state index in [1.807, 2.05) is 26.8 Å². The van der Waals surface area contributed by atoms with Crippen molar-refractivity contribution in [1.29, 1.82) is 0 Å². The Balaban J connectivity index is 3.10. The number of nitrogens with one attached hydrogen (secondary N) is 1. The maximum Gasteiger partial charge on any atom is 0.144 e. The summed E-state index contributed by atoms with van der Waals surface area (Å²) in [6.07, 6.45) is 1.49. The maximum absolute atomic E-state index is 12.0. The van der Waals surface area contributed by atoms with Gasteiger partial charge in [-0.15, -0.1) is 0 Å². The van der Waals surface area contributed by atoms with Crippen molar-refractivity contribution in [3.8, 4) is 0 Å². The molecule has 1 atom stereocenters. The first-order valence-corrected chi connectivity index (χ1v) is 8.26. The Morgan fingerprint density at radius 2 is 2.14 bits per heavy atom. The minimum atomic E-state index is -1.34. The molecule has 122 valence electrons. The second-order valence-corrected chi connectivity index (χ2v) is 7.91. The van der Waals surface area contributed by atoms with Crippen LogP contribution in [0, 0.1) is 0 Å². The molecule has 0 aliphatic heterocycles. The lowest BCUT2D eigenvalue weighted by Gasteiger charge is -2.17. The third-order valence-corrected chi connectivity index (χ3v) is 4.19. The minimum Gasteiger partial charge on any atom is -0.591 e. The van der Waals surface area contributed by atoms with E-state index >= 15 is 0 Å². The number of hydrogen-bond donors (Lipinski definition) is 1. The number of benzene rings is 1. The smallest absolute Gasteiger partial charge is 0.144 e. The molecule has 1 rings (SSSR count). The number of aliphatic imine (C=N–C) groups is 1. The van der Waals surface area contributed by atoms with Gasteiger partial charge in [0, 0.05) is 19.2 Å². The van der Waals surface area contributed by atoms with Gasteiger partial charge in [-0.1, -0.05) is 16.0 Å². The summed E-state index contributed by atoms with van der Waals surface area (Å²) in [5.41, 5.74) is 2.08. The van der Waals surface area contributed by atoms with Gasteiger partial charge in [-0.3, -0.25) is 0 Å². The average molecular weight is 344 g/mol. The molecule has 0 spiro atoms. The lowest BCUT2D eigenvalue weighted by Crippen LogP contribution is -2.26. The molecule has 1 aromatic rings. The zero-order chi connectivity index (χ0) is 16.8. The first-order valence-electron chi connectivity index (χ1n) is 6.77. The fourth-order valence-electron chi connectivity index (χ4n) is 1.48. The normalized spacial score (nSPS) is 14.4. The van der Waals surface area contributed by atoms with Crippen LogP contribution in [0.3, 0.4) is 0 Å². The largest absolute Gasteiger partial charge is 0.591 e. The van der Waals surface area contributed by atoms with Crippen molar-refractivity contribution >= 4 is 46.3 Å². The van der Waals surface area contributed by atoms with Crippen molar-refractivity contribution in [1.82, 2.24) is 0 Å². The van der Waals surface area contributed by atoms with E-state index in [-0.39, 0.29) is 6.61 Å². The summed E-state index contributed by atoms with van der Waals surface area (Å²) in [7, 11) is 3.38. The highest BCUT2D eigenvalue weighted by Crippen LogP contribution is 2.28. The van der Waals surface area contributed by atoms with E-state index in [2.05, 4.69) is 14.7 Å². The van der Waals surface area contributed by atoms with Crippen LogP contribution >= 0.6 is 11.6 Å². The average Bonchev–Trinajstić information content (AvgIpc) is 2.44. The van der Waals surface area contributed by atoms with E-state index < -0.39 is 16.1 Å². The second kappa shape index (κ2) is 8.53. The van der Waals surface area contributed by atoms with Gasteiger partial charge in [-0.05, 0) is 39.0 Å². The van der Waals surface area contributed by atoms with E-state index in [1.165, 1.54) is 6.21 Å². The van der Waals surface area contributed by atoms with Gasteiger partial charge in [-0.25, -0.2) is 4.99 Å². The number of hydrogen-bond acceptors (Lipinski definition) is 5. The summed E-state index contributed by atoms with van der Waals surface area (Å²) in [4.78, 5) is 4.49. The number of rotatable bonds is 6. The molecule has 1 N–H and O–H groups in total. The highest BCUT2D eigenvalue weighted by molar-refractivity contribution is 7.91. The first kappa shape index (κ1) is 19.0. The number of anilines is 1. The summed E-state index contributed by atoms with van der Waals surface area (Å²) >= 11 is 4.67. The van der Waals surface area contributed by atoms with Crippen LogP contribution in [0.4, 0.5) is 11.4 Å². The van der Waals surface area contributed by atoms with Gasteiger partial charge < -0.3 is 14.6 Å². The van der Waals surface area contributed by atoms with Crippen LogP contribution in [-0.4, -0.2) is 42.0 Å². The fourth-order valence-corrected chi connectivity index (χ4v) is 2.18. The SMILES string of the molecule is CNc1ccc(Cl)cc1N=C(C=N[S+]([O-])C(C)(C)C)COC. The lowest BCUT2D eigenvalue weighted by atomic mass is 10.2. The molecule has 0 heterocycles. The van der Waals surface area contributed by atoms with Gasteiger partial charge in [-0.2, -0.15) is 0 Å². The Hall–Kier alpha value is -1.08. The van der Waals surface area contributed by atoms with Gasteiger partial charge in [0.2, 0.25) is 0 Å². The summed E-state index contributed by atoms with van der Waals surface area (Å²) in [6, 6.07) is 5.37. The highest BCUT2D eigenvalue weighted by atomic mass is 35.5. The van der Waals surface area contributed by atoms with E-state index in [9.17, 15) is 4.55 Å². The van der Waals surface area contributed by atoms with Gasteiger partial charge >= 0.3 is 0 Å². The molecule has 5 nitrogen and oxygen atoms in total. The summed E-state index contributed by atoms with van der Waals surface area (Å²) < 4.78 is 20.8. The third kappa shape index (κ3) is 5.96. The van der Waals surface area contributed by atoms with Gasteiger partial charge in [0.15, 0.2) is 0 Å². The predicted octanol–water partition coefficient (Wildman–Crippen LogP) is 3.63. The fraction of sp³-hybridized carbons (Fsp3) is 0.467. The Labute approximate surface area is 140 Å². The lowest BCUT2D eigenvalue weighted by molar-refractivity contribution is 0.246. The molecule has 0 aromatic heterocycles. The van der Waals surface area contributed by atoms with E-state index in [1.54, 1.807) is 26.3 Å². The number of halogens is 1. The molecule has 0 aliphatic rings. The minimum absolute atomic E-state index is 0.264. The van der Waals surface area contributed by atoms with Crippen LogP contribution in [0.25, 0.3) is 0 Å². The molecule has 0 radical (unpaired) electrons. The van der Waals surface area contributed by atoms with Crippen molar-refractivity contribution in [3.63, 3.8) is 0 Å². The van der Waals surface area contributed by atoms with E-state index in [4.69, 9.17) is 16.3 Å². The van der Waals surface area contributed by atoms with Crippen molar-refractivity contribution in [2.45, 2.75) is 25.5 Å². The summed E-state index contributed by atoms with van der Waals surface area (Å²) in [5, 5.41) is 3.64. The van der Waals surface area contributed by atoms with Crippen molar-refractivity contribution in [2.24, 2.45) is 9.39 Å². The van der Waals surface area contributed by atoms with E-state index in [0.717, 1.165) is 5.69 Å². The van der Waals surface area contributed by atoms with Crippen molar-refractivity contribution in [2.75, 3.05) is 26.1 Å². The van der Waals surface area contributed by atoms with Crippen LogP contribution in [0.5, 0.6) is 0 Å². The first-order chi connectivity index (χ1) is 10.3. The Morgan fingerprint density at radius 1 is 1.45 bits per heavy atom. The molecular formula is C15H22ClN3O2S. The van der Waals surface area contributed by atoms with Gasteiger partial charge in [0.25, 0.3) is 0 Å². The van der Waals surface area contributed by atoms with E-state index in [0.29, 0.717) is 16.4 Å². The zero-order valence-electron chi connectivity index (χ0n) is 13.5. The molecule has 0 saturated carbocycles. The van der Waals surface area contributed by atoms with Crippen LogP contribution < -0.4 is 5.32 Å². The Bertz CT molecular complexity index is 556. The Morgan fingerprint density at radius 3 is 2.68 bits per heavy atom. The molecule has 0 bridgehead atoms. The van der Waals surface area contributed by atoms with Crippen LogP contribution in [0.15, 0.2) is 27.6 Å². The maximum atomic E-state index is 12.0. The topological polar surface area (TPSA) is 69.0 Å². The zero-order valence-corrected chi connectivity index (χ0v) is 15.1. The molecule has 0 fully saturated rings. The van der Waals surface area contributed by atoms with Crippen LogP contribution in [0.2, 0.25) is 5.02 Å². The van der Waals surface area contributed by atoms with Crippen molar-refractivity contribution < 1.29 is 9.29 Å². The van der Waals surface area contributed by atoms with Gasteiger partial charge in [0.05, 0.1) is 23.7 Å². The molecule has 0 amide bonds.